The first-order valence-electron chi connectivity index (χ1n) is 5.90. The molecule has 0 aliphatic carbocycles. The molecule has 2 rings (SSSR count). The van der Waals surface area contributed by atoms with Gasteiger partial charge in [-0.15, -0.1) is 0 Å². The molecule has 9 heteroatoms. The molecule has 0 radical (unpaired) electrons. The molecule has 2 fully saturated rings. The Kier molecular flexibility index (Phi) is 4.27. The van der Waals surface area contributed by atoms with E-state index in [4.69, 9.17) is 4.74 Å². The van der Waals surface area contributed by atoms with Crippen LogP contribution in [-0.4, -0.2) is 65.9 Å². The molecule has 2 aliphatic rings. The average Bonchev–Trinajstić information content (AvgIpc) is 2.69. The molecule has 0 spiro atoms. The van der Waals surface area contributed by atoms with E-state index in [9.17, 15) is 16.8 Å². The summed E-state index contributed by atoms with van der Waals surface area (Å²) in [5.74, 6) is -0.313. The molecule has 2 atom stereocenters. The second kappa shape index (κ2) is 5.41. The zero-order chi connectivity index (χ0) is 13.2. The summed E-state index contributed by atoms with van der Waals surface area (Å²) in [6.45, 7) is 2.12. The largest absolute Gasteiger partial charge is 0.374 e. The lowest BCUT2D eigenvalue weighted by Crippen LogP contribution is -2.47. The Morgan fingerprint density at radius 2 is 2.17 bits per heavy atom. The Bertz CT molecular complexity index is 481. The molecule has 0 aromatic carbocycles. The summed E-state index contributed by atoms with van der Waals surface area (Å²) < 4.78 is 54.2. The fourth-order valence-corrected chi connectivity index (χ4v) is 6.20. The van der Waals surface area contributed by atoms with Crippen LogP contribution in [0.3, 0.4) is 0 Å². The Hall–Kier alpha value is -0.220. The molecule has 0 amide bonds. The Balaban J connectivity index is 1.87. The summed E-state index contributed by atoms with van der Waals surface area (Å²) in [6.07, 6.45) is -0.00641. The molecule has 2 aliphatic heterocycles. The number of nitrogens with one attached hydrogen (secondary N) is 2. The SMILES string of the molecule is O=S1(=O)CCC(S(=O)(=O)NCC2CNCCO2)C1. The van der Waals surface area contributed by atoms with Crippen molar-refractivity contribution in [3.05, 3.63) is 0 Å². The average molecular weight is 298 g/mol. The van der Waals surface area contributed by atoms with Gasteiger partial charge in [0.25, 0.3) is 0 Å². The number of hydrogen-bond donors (Lipinski definition) is 2. The smallest absolute Gasteiger partial charge is 0.215 e. The van der Waals surface area contributed by atoms with Crippen molar-refractivity contribution < 1.29 is 21.6 Å². The number of ether oxygens (including phenoxy) is 1. The van der Waals surface area contributed by atoms with Crippen molar-refractivity contribution >= 4 is 19.9 Å². The van der Waals surface area contributed by atoms with Crippen LogP contribution in [0.15, 0.2) is 0 Å². The lowest BCUT2D eigenvalue weighted by molar-refractivity contribution is 0.0324. The van der Waals surface area contributed by atoms with Crippen LogP contribution in [0.1, 0.15) is 6.42 Å². The minimum Gasteiger partial charge on any atom is -0.374 e. The predicted molar refractivity (Wildman–Crippen MR) is 66.6 cm³/mol. The number of sulfone groups is 1. The number of morpholine rings is 1. The number of hydrogen-bond acceptors (Lipinski definition) is 6. The van der Waals surface area contributed by atoms with Gasteiger partial charge in [0, 0.05) is 19.6 Å². The molecule has 0 aromatic rings. The van der Waals surface area contributed by atoms with Crippen LogP contribution in [-0.2, 0) is 24.6 Å². The topological polar surface area (TPSA) is 102 Å². The molecule has 0 saturated carbocycles. The maximum absolute atomic E-state index is 11.9. The molecule has 106 valence electrons. The number of rotatable bonds is 4. The summed E-state index contributed by atoms with van der Waals surface area (Å²) in [6, 6.07) is 0. The van der Waals surface area contributed by atoms with Gasteiger partial charge in [0.1, 0.15) is 0 Å². The summed E-state index contributed by atoms with van der Waals surface area (Å²) in [7, 11) is -6.75. The Labute approximate surface area is 107 Å². The lowest BCUT2D eigenvalue weighted by Gasteiger charge is -2.24. The van der Waals surface area contributed by atoms with Gasteiger partial charge < -0.3 is 10.1 Å². The van der Waals surface area contributed by atoms with Crippen molar-refractivity contribution in [3.63, 3.8) is 0 Å². The zero-order valence-corrected chi connectivity index (χ0v) is 11.6. The molecular formula is C9H18N2O5S2. The molecule has 0 aromatic heterocycles. The molecule has 7 nitrogen and oxygen atoms in total. The van der Waals surface area contributed by atoms with E-state index >= 15 is 0 Å². The van der Waals surface area contributed by atoms with Crippen LogP contribution in [0.2, 0.25) is 0 Å². The van der Waals surface area contributed by atoms with Crippen molar-refractivity contribution in [3.8, 4) is 0 Å². The van der Waals surface area contributed by atoms with Crippen molar-refractivity contribution in [2.75, 3.05) is 37.7 Å². The van der Waals surface area contributed by atoms with Crippen LogP contribution in [0, 0.1) is 0 Å². The fraction of sp³-hybridized carbons (Fsp3) is 1.00. The highest BCUT2D eigenvalue weighted by Crippen LogP contribution is 2.18. The summed E-state index contributed by atoms with van der Waals surface area (Å²) in [4.78, 5) is 0. The highest BCUT2D eigenvalue weighted by atomic mass is 32.2. The molecule has 2 saturated heterocycles. The van der Waals surface area contributed by atoms with Gasteiger partial charge in [0.05, 0.1) is 29.5 Å². The standard InChI is InChI=1S/C9H18N2O5S2/c12-17(13)4-1-9(7-17)18(14,15)11-6-8-5-10-2-3-16-8/h8-11H,1-7H2. The maximum Gasteiger partial charge on any atom is 0.215 e. The van der Waals surface area contributed by atoms with Crippen molar-refractivity contribution in [2.24, 2.45) is 0 Å². The van der Waals surface area contributed by atoms with E-state index in [0.717, 1.165) is 6.54 Å². The second-order valence-electron chi connectivity index (χ2n) is 4.62. The highest BCUT2D eigenvalue weighted by molar-refractivity contribution is 7.95. The lowest BCUT2D eigenvalue weighted by atomic mass is 10.3. The minimum absolute atomic E-state index is 0.0416. The molecule has 18 heavy (non-hydrogen) atoms. The van der Waals surface area contributed by atoms with E-state index in [1.54, 1.807) is 0 Å². The molecular weight excluding hydrogens is 280 g/mol. The van der Waals surface area contributed by atoms with Crippen LogP contribution >= 0.6 is 0 Å². The van der Waals surface area contributed by atoms with Crippen LogP contribution in [0.5, 0.6) is 0 Å². The van der Waals surface area contributed by atoms with Gasteiger partial charge in [0.2, 0.25) is 10.0 Å². The van der Waals surface area contributed by atoms with E-state index in [1.807, 2.05) is 0 Å². The second-order valence-corrected chi connectivity index (χ2v) is 8.89. The van der Waals surface area contributed by atoms with Crippen LogP contribution in [0.4, 0.5) is 0 Å². The van der Waals surface area contributed by atoms with Crippen molar-refractivity contribution in [1.29, 1.82) is 0 Å². The van der Waals surface area contributed by atoms with Crippen molar-refractivity contribution in [2.45, 2.75) is 17.8 Å². The molecule has 2 N–H and O–H groups in total. The summed E-state index contributed by atoms with van der Waals surface area (Å²) >= 11 is 0. The third-order valence-corrected chi connectivity index (χ3v) is 6.97. The normalized spacial score (nSPS) is 32.4. The fourth-order valence-electron chi connectivity index (χ4n) is 2.08. The maximum atomic E-state index is 11.9. The number of sulfonamides is 1. The third-order valence-electron chi connectivity index (χ3n) is 3.15. The van der Waals surface area contributed by atoms with Crippen LogP contribution < -0.4 is 10.0 Å². The van der Waals surface area contributed by atoms with E-state index < -0.39 is 25.1 Å². The van der Waals surface area contributed by atoms with Gasteiger partial charge in [-0.05, 0) is 6.42 Å². The zero-order valence-electron chi connectivity index (χ0n) is 9.96. The first-order chi connectivity index (χ1) is 8.39. The predicted octanol–water partition coefficient (Wildman–Crippen LogP) is -1.92. The first-order valence-corrected chi connectivity index (χ1v) is 9.27. The van der Waals surface area contributed by atoms with E-state index in [0.29, 0.717) is 13.2 Å². The monoisotopic (exact) mass is 298 g/mol. The third kappa shape index (κ3) is 3.64. The minimum atomic E-state index is -3.57. The van der Waals surface area contributed by atoms with Gasteiger partial charge in [-0.2, -0.15) is 0 Å². The van der Waals surface area contributed by atoms with E-state index in [1.165, 1.54) is 0 Å². The quantitative estimate of drug-likeness (QED) is 0.627. The Morgan fingerprint density at radius 3 is 2.72 bits per heavy atom. The summed E-state index contributed by atoms with van der Waals surface area (Å²) in [5, 5.41) is 2.28. The summed E-state index contributed by atoms with van der Waals surface area (Å²) in [5.41, 5.74) is 0. The van der Waals surface area contributed by atoms with Gasteiger partial charge in [0.15, 0.2) is 9.84 Å². The molecule has 0 bridgehead atoms. The molecule has 2 unspecified atom stereocenters. The first kappa shape index (κ1) is 14.2. The van der Waals surface area contributed by atoms with Crippen LogP contribution in [0.25, 0.3) is 0 Å². The Morgan fingerprint density at radius 1 is 1.39 bits per heavy atom. The van der Waals surface area contributed by atoms with Gasteiger partial charge in [-0.25, -0.2) is 21.6 Å². The van der Waals surface area contributed by atoms with Gasteiger partial charge >= 0.3 is 0 Å². The van der Waals surface area contributed by atoms with E-state index in [2.05, 4.69) is 10.0 Å². The van der Waals surface area contributed by atoms with E-state index in [-0.39, 0.29) is 30.6 Å². The van der Waals surface area contributed by atoms with Crippen molar-refractivity contribution in [1.82, 2.24) is 10.0 Å². The highest BCUT2D eigenvalue weighted by Gasteiger charge is 2.37. The molecule has 2 heterocycles. The van der Waals surface area contributed by atoms with Gasteiger partial charge in [-0.1, -0.05) is 0 Å². The van der Waals surface area contributed by atoms with Gasteiger partial charge in [-0.3, -0.25) is 0 Å².